The van der Waals surface area contributed by atoms with Crippen molar-refractivity contribution in [1.82, 2.24) is 25.0 Å². The van der Waals surface area contributed by atoms with Gasteiger partial charge in [-0.2, -0.15) is 0 Å². The molecule has 5 aromatic rings. The van der Waals surface area contributed by atoms with E-state index in [1.165, 1.54) is 5.56 Å². The van der Waals surface area contributed by atoms with Crippen LogP contribution in [0.15, 0.2) is 85.1 Å². The number of ether oxygens (including phenoxy) is 1. The summed E-state index contributed by atoms with van der Waals surface area (Å²) < 4.78 is 8.37. The van der Waals surface area contributed by atoms with Crippen LogP contribution in [0.3, 0.4) is 0 Å². The molecule has 278 valence electrons. The lowest BCUT2D eigenvalue weighted by molar-refractivity contribution is -0.134. The number of β-amino-alcohol motifs (C(OH)–C–C–N with tert-alkyl or cyclic N) is 1. The van der Waals surface area contributed by atoms with Crippen molar-refractivity contribution < 1.29 is 24.5 Å². The summed E-state index contributed by atoms with van der Waals surface area (Å²) >= 11 is 0. The van der Waals surface area contributed by atoms with Crippen molar-refractivity contribution in [2.45, 2.75) is 81.4 Å². The van der Waals surface area contributed by atoms with Crippen molar-refractivity contribution in [2.75, 3.05) is 31.1 Å². The summed E-state index contributed by atoms with van der Waals surface area (Å²) in [6, 6.07) is 25.9. The molecule has 3 N–H and O–H groups in total. The molecule has 2 aromatic heterocycles. The summed E-state index contributed by atoms with van der Waals surface area (Å²) in [4.78, 5) is 29.2. The van der Waals surface area contributed by atoms with Gasteiger partial charge in [-0.3, -0.25) is 19.8 Å². The van der Waals surface area contributed by atoms with E-state index in [2.05, 4.69) is 66.3 Å². The lowest BCUT2D eigenvalue weighted by Crippen LogP contribution is -2.54. The second kappa shape index (κ2) is 13.9. The zero-order chi connectivity index (χ0) is 37.0. The Labute approximate surface area is 314 Å². The van der Waals surface area contributed by atoms with Crippen LogP contribution in [0.4, 0.5) is 5.69 Å². The van der Waals surface area contributed by atoms with E-state index < -0.39 is 5.60 Å². The smallest absolute Gasteiger partial charge is 0.249 e. The van der Waals surface area contributed by atoms with E-state index >= 15 is 0 Å². The van der Waals surface area contributed by atoms with E-state index in [1.54, 1.807) is 12.1 Å². The van der Waals surface area contributed by atoms with Crippen LogP contribution in [0.2, 0.25) is 0 Å². The molecule has 5 heterocycles. The van der Waals surface area contributed by atoms with E-state index in [-0.39, 0.29) is 29.5 Å². The molecule has 11 nitrogen and oxygen atoms in total. The number of piperidine rings is 2. The molecule has 2 amide bonds. The zero-order valence-electron chi connectivity index (χ0n) is 30.5. The molecule has 2 saturated heterocycles. The molecule has 3 fully saturated rings. The standard InChI is InChI=1S/C43H46N6O5/c1-43(53)26-47(29-13-9-27(10-14-29)31-6-4-7-36-41(31)54-24-23-49(36)37-17-18-40(51)44-42(37)52)21-19-33(43)28-11-15-30(16-12-28)48-22-20-34-38(48)25-35(46-45-34)32-5-2-3-8-39(32)50/h2-8,11-12,15-16,20,22,25,27,29,33,37,50,53H,9-10,13-14,17-19,21,23-24,26H2,1H3,(H,44,51,52). The monoisotopic (exact) mass is 726 g/mol. The Kier molecular flexibility index (Phi) is 8.86. The first-order chi connectivity index (χ1) is 26.2. The number of phenolic OH excluding ortho intramolecular Hbond substituents is 1. The zero-order valence-corrected chi connectivity index (χ0v) is 30.5. The van der Waals surface area contributed by atoms with Crippen molar-refractivity contribution in [3.63, 3.8) is 0 Å². The lowest BCUT2D eigenvalue weighted by Gasteiger charge is -2.47. The fourth-order valence-electron chi connectivity index (χ4n) is 9.56. The highest BCUT2D eigenvalue weighted by Gasteiger charge is 2.42. The van der Waals surface area contributed by atoms with Gasteiger partial charge in [-0.25, -0.2) is 0 Å². The number of nitrogens with one attached hydrogen (secondary N) is 1. The van der Waals surface area contributed by atoms with Crippen LogP contribution in [-0.4, -0.2) is 85.6 Å². The number of amides is 2. The van der Waals surface area contributed by atoms with Gasteiger partial charge in [0.2, 0.25) is 11.8 Å². The third-order valence-electron chi connectivity index (χ3n) is 12.3. The van der Waals surface area contributed by atoms with Crippen LogP contribution in [0.1, 0.15) is 74.8 Å². The molecular weight excluding hydrogens is 681 g/mol. The molecule has 11 heteroatoms. The number of hydrogen-bond donors (Lipinski definition) is 3. The van der Waals surface area contributed by atoms with E-state index in [9.17, 15) is 19.8 Å². The number of fused-ring (bicyclic) bond motifs is 2. The second-order valence-corrected chi connectivity index (χ2v) is 15.7. The van der Waals surface area contributed by atoms with Gasteiger partial charge >= 0.3 is 0 Å². The highest BCUT2D eigenvalue weighted by Crippen LogP contribution is 2.46. The predicted octanol–water partition coefficient (Wildman–Crippen LogP) is 6.06. The third-order valence-corrected chi connectivity index (χ3v) is 12.3. The van der Waals surface area contributed by atoms with Gasteiger partial charge in [0.1, 0.15) is 29.7 Å². The first kappa shape index (κ1) is 34.5. The number of aliphatic hydroxyl groups is 1. The molecule has 3 atom stereocenters. The number of phenols is 1. The summed E-state index contributed by atoms with van der Waals surface area (Å²) in [5.41, 5.74) is 6.36. The maximum Gasteiger partial charge on any atom is 0.249 e. The molecule has 54 heavy (non-hydrogen) atoms. The number of hydrogen-bond acceptors (Lipinski definition) is 9. The number of likely N-dealkylation sites (tertiary alicyclic amines) is 1. The van der Waals surface area contributed by atoms with Crippen LogP contribution in [-0.2, 0) is 9.59 Å². The molecule has 3 unspecified atom stereocenters. The normalized spacial score (nSPS) is 26.3. The Hall–Kier alpha value is -5.26. The molecule has 3 aliphatic heterocycles. The van der Waals surface area contributed by atoms with Crippen LogP contribution in [0, 0.1) is 0 Å². The van der Waals surface area contributed by atoms with E-state index in [0.717, 1.165) is 72.4 Å². The SMILES string of the molecule is CC1(O)CN(C2CCC(c3cccc4c3OCCN4C3CCC(=O)NC3=O)CC2)CCC1c1ccc(-n2ccc3nnc(-c4ccccc4O)cc32)cc1. The summed E-state index contributed by atoms with van der Waals surface area (Å²) in [5.74, 6) is 1.04. The van der Waals surface area contributed by atoms with Crippen molar-refractivity contribution in [3.8, 4) is 28.4 Å². The largest absolute Gasteiger partial charge is 0.507 e. The van der Waals surface area contributed by atoms with Gasteiger partial charge in [-0.1, -0.05) is 36.4 Å². The highest BCUT2D eigenvalue weighted by molar-refractivity contribution is 6.02. The highest BCUT2D eigenvalue weighted by atomic mass is 16.5. The Morgan fingerprint density at radius 3 is 2.48 bits per heavy atom. The van der Waals surface area contributed by atoms with Gasteiger partial charge in [-0.05, 0) is 112 Å². The average molecular weight is 727 g/mol. The molecule has 4 aliphatic rings. The Balaban J connectivity index is 0.851. The van der Waals surface area contributed by atoms with Crippen LogP contribution >= 0.6 is 0 Å². The van der Waals surface area contributed by atoms with E-state index in [1.807, 2.05) is 43.5 Å². The molecule has 9 rings (SSSR count). The van der Waals surface area contributed by atoms with Crippen LogP contribution in [0.25, 0.3) is 28.0 Å². The summed E-state index contributed by atoms with van der Waals surface area (Å²) in [6.07, 6.45) is 7.95. The first-order valence-electron chi connectivity index (χ1n) is 19.3. The van der Waals surface area contributed by atoms with E-state index in [4.69, 9.17) is 4.74 Å². The molecule has 0 radical (unpaired) electrons. The number of benzene rings is 3. The topological polar surface area (TPSA) is 133 Å². The van der Waals surface area contributed by atoms with Gasteiger partial charge in [0.25, 0.3) is 0 Å². The van der Waals surface area contributed by atoms with Gasteiger partial charge < -0.3 is 24.4 Å². The van der Waals surface area contributed by atoms with Crippen molar-refractivity contribution in [2.24, 2.45) is 0 Å². The number of nitrogens with zero attached hydrogens (tertiary/aromatic N) is 5. The van der Waals surface area contributed by atoms with Crippen molar-refractivity contribution in [1.29, 1.82) is 0 Å². The fourth-order valence-corrected chi connectivity index (χ4v) is 9.56. The minimum atomic E-state index is -0.870. The Bertz CT molecular complexity index is 2210. The van der Waals surface area contributed by atoms with E-state index in [0.29, 0.717) is 55.8 Å². The quantitative estimate of drug-likeness (QED) is 0.179. The average Bonchev–Trinajstić information content (AvgIpc) is 3.61. The number of para-hydroxylation sites is 2. The number of aromatic hydroxyl groups is 1. The Morgan fingerprint density at radius 2 is 1.70 bits per heavy atom. The number of rotatable bonds is 6. The molecule has 3 aromatic carbocycles. The van der Waals surface area contributed by atoms with Crippen LogP contribution < -0.4 is 15.0 Å². The molecule has 0 spiro atoms. The summed E-state index contributed by atoms with van der Waals surface area (Å²) in [6.45, 7) is 4.71. The second-order valence-electron chi connectivity index (χ2n) is 15.7. The Morgan fingerprint density at radius 1 is 0.889 bits per heavy atom. The first-order valence-corrected chi connectivity index (χ1v) is 19.3. The van der Waals surface area contributed by atoms with Gasteiger partial charge in [0.05, 0.1) is 29.0 Å². The number of imide groups is 1. The number of aromatic nitrogens is 3. The number of anilines is 1. The maximum atomic E-state index is 12.7. The number of carbonyl (C=O) groups excluding carboxylic acids is 2. The lowest BCUT2D eigenvalue weighted by atomic mass is 9.75. The molecule has 1 aliphatic carbocycles. The maximum absolute atomic E-state index is 12.7. The minimum absolute atomic E-state index is 0.0272. The summed E-state index contributed by atoms with van der Waals surface area (Å²) in [7, 11) is 0. The van der Waals surface area contributed by atoms with Gasteiger partial charge in [0, 0.05) is 42.4 Å². The van der Waals surface area contributed by atoms with Gasteiger partial charge in [-0.15, -0.1) is 10.2 Å². The van der Waals surface area contributed by atoms with Crippen molar-refractivity contribution in [3.05, 3.63) is 96.2 Å². The minimum Gasteiger partial charge on any atom is -0.507 e. The third kappa shape index (κ3) is 6.28. The fraction of sp³-hybridized carbons (Fsp3) is 0.395. The van der Waals surface area contributed by atoms with Crippen molar-refractivity contribution >= 4 is 28.5 Å². The van der Waals surface area contributed by atoms with Gasteiger partial charge in [0.15, 0.2) is 0 Å². The summed E-state index contributed by atoms with van der Waals surface area (Å²) in [5, 5.41) is 33.6. The molecular formula is C43H46N6O5. The predicted molar refractivity (Wildman–Crippen MR) is 206 cm³/mol. The van der Waals surface area contributed by atoms with Crippen LogP contribution in [0.5, 0.6) is 11.5 Å². The molecule has 0 bridgehead atoms. The molecule has 1 saturated carbocycles. The number of carbonyl (C=O) groups is 2.